The van der Waals surface area contributed by atoms with Crippen LogP contribution >= 0.6 is 15.9 Å². The first kappa shape index (κ1) is 26.9. The molecular weight excluding hydrogens is 486 g/mol. The molecule has 0 fully saturated rings. The predicted molar refractivity (Wildman–Crippen MR) is 137 cm³/mol. The molecule has 32 heavy (non-hydrogen) atoms. The van der Waals surface area contributed by atoms with Gasteiger partial charge in [0.2, 0.25) is 10.0 Å². The molecule has 4 nitrogen and oxygen atoms in total. The number of nitrogens with one attached hydrogen (secondary N) is 1. The van der Waals surface area contributed by atoms with Gasteiger partial charge in [-0.3, -0.25) is 0 Å². The average Bonchev–Trinajstić information content (AvgIpc) is 2.76. The number of hydrogen-bond donors (Lipinski definition) is 1. The minimum absolute atomic E-state index is 0.0233. The van der Waals surface area contributed by atoms with Crippen LogP contribution in [-0.4, -0.2) is 21.6 Å². The Bertz CT molecular complexity index is 983. The van der Waals surface area contributed by atoms with Crippen molar-refractivity contribution in [2.75, 3.05) is 13.2 Å². The van der Waals surface area contributed by atoms with Gasteiger partial charge >= 0.3 is 0 Å². The van der Waals surface area contributed by atoms with Gasteiger partial charge in [0.05, 0.1) is 11.5 Å². The van der Waals surface area contributed by atoms with Gasteiger partial charge in [0.1, 0.15) is 5.75 Å². The molecule has 0 bridgehead atoms. The van der Waals surface area contributed by atoms with Crippen LogP contribution in [0.25, 0.3) is 0 Å². The standard InChI is InChI=1S/C26H38BrNO3S/c1-7-25(3,4)20-11-16-24(23(19-20)26(5,6)8-2)31-18-10-9-17-28-32(29,30)22-14-12-21(27)13-15-22/h11-16,19,28H,7-10,17-18H2,1-6H3. The second-order valence-electron chi connectivity index (χ2n) is 9.59. The Morgan fingerprint density at radius 2 is 1.53 bits per heavy atom. The fourth-order valence-electron chi connectivity index (χ4n) is 3.31. The second-order valence-corrected chi connectivity index (χ2v) is 12.3. The highest BCUT2D eigenvalue weighted by atomic mass is 79.9. The minimum Gasteiger partial charge on any atom is -0.493 e. The topological polar surface area (TPSA) is 55.4 Å². The summed E-state index contributed by atoms with van der Waals surface area (Å²) in [5.41, 5.74) is 2.74. The Morgan fingerprint density at radius 3 is 2.12 bits per heavy atom. The molecular formula is C26H38BrNO3S. The number of hydrogen-bond acceptors (Lipinski definition) is 3. The molecule has 0 aromatic heterocycles. The first-order chi connectivity index (χ1) is 14.9. The molecule has 2 aromatic rings. The molecule has 0 unspecified atom stereocenters. The molecule has 178 valence electrons. The lowest BCUT2D eigenvalue weighted by molar-refractivity contribution is 0.296. The van der Waals surface area contributed by atoms with Crippen molar-refractivity contribution in [3.8, 4) is 5.75 Å². The van der Waals surface area contributed by atoms with Gasteiger partial charge in [-0.2, -0.15) is 0 Å². The Balaban J connectivity index is 1.95. The van der Waals surface area contributed by atoms with Crippen LogP contribution in [0.4, 0.5) is 0 Å². The van der Waals surface area contributed by atoms with Crippen LogP contribution in [0.1, 0.15) is 78.4 Å². The fraction of sp³-hybridized carbons (Fsp3) is 0.538. The maximum atomic E-state index is 12.4. The summed E-state index contributed by atoms with van der Waals surface area (Å²) in [5.74, 6) is 0.933. The third kappa shape index (κ3) is 7.06. The van der Waals surface area contributed by atoms with Crippen LogP contribution in [0.5, 0.6) is 5.75 Å². The molecule has 0 aliphatic heterocycles. The number of halogens is 1. The van der Waals surface area contributed by atoms with E-state index in [0.29, 0.717) is 19.6 Å². The van der Waals surface area contributed by atoms with Crippen molar-refractivity contribution in [2.45, 2.75) is 83.0 Å². The zero-order valence-corrected chi connectivity index (χ0v) is 22.7. The van der Waals surface area contributed by atoms with Gasteiger partial charge in [-0.25, -0.2) is 13.1 Å². The molecule has 0 heterocycles. The van der Waals surface area contributed by atoms with Crippen LogP contribution in [0, 0.1) is 0 Å². The van der Waals surface area contributed by atoms with Gasteiger partial charge in [0.15, 0.2) is 0 Å². The molecule has 0 spiro atoms. The summed E-state index contributed by atoms with van der Waals surface area (Å²) in [4.78, 5) is 0.276. The molecule has 6 heteroatoms. The molecule has 0 aliphatic rings. The second kappa shape index (κ2) is 11.2. The van der Waals surface area contributed by atoms with E-state index < -0.39 is 10.0 Å². The molecule has 1 N–H and O–H groups in total. The number of unbranched alkanes of at least 4 members (excludes halogenated alkanes) is 1. The van der Waals surface area contributed by atoms with Crippen LogP contribution in [-0.2, 0) is 20.9 Å². The van der Waals surface area contributed by atoms with E-state index >= 15 is 0 Å². The zero-order chi connectivity index (χ0) is 24.0. The van der Waals surface area contributed by atoms with E-state index in [2.05, 4.69) is 80.4 Å². The number of rotatable bonds is 12. The van der Waals surface area contributed by atoms with E-state index in [1.807, 2.05) is 0 Å². The molecule has 2 rings (SSSR count). The van der Waals surface area contributed by atoms with Gasteiger partial charge in [-0.05, 0) is 72.4 Å². The smallest absolute Gasteiger partial charge is 0.240 e. The highest BCUT2D eigenvalue weighted by Gasteiger charge is 2.26. The predicted octanol–water partition coefficient (Wildman–Crippen LogP) is 6.96. The third-order valence-corrected chi connectivity index (χ3v) is 8.51. The summed E-state index contributed by atoms with van der Waals surface area (Å²) in [6, 6.07) is 13.2. The number of sulfonamides is 1. The maximum absolute atomic E-state index is 12.4. The summed E-state index contributed by atoms with van der Waals surface area (Å²) >= 11 is 3.32. The first-order valence-corrected chi connectivity index (χ1v) is 13.7. The van der Waals surface area contributed by atoms with Crippen molar-refractivity contribution >= 4 is 26.0 Å². The van der Waals surface area contributed by atoms with Gasteiger partial charge in [-0.15, -0.1) is 0 Å². The lowest BCUT2D eigenvalue weighted by Crippen LogP contribution is -2.25. The van der Waals surface area contributed by atoms with Crippen LogP contribution in [0.2, 0.25) is 0 Å². The quantitative estimate of drug-likeness (QED) is 0.305. The Morgan fingerprint density at radius 1 is 0.906 bits per heavy atom. The summed E-state index contributed by atoms with van der Waals surface area (Å²) < 4.78 is 34.4. The van der Waals surface area contributed by atoms with E-state index in [-0.39, 0.29) is 15.7 Å². The van der Waals surface area contributed by atoms with Crippen LogP contribution in [0.3, 0.4) is 0 Å². The van der Waals surface area contributed by atoms with E-state index in [9.17, 15) is 8.42 Å². The fourth-order valence-corrected chi connectivity index (χ4v) is 4.65. The third-order valence-electron chi connectivity index (χ3n) is 6.50. The molecule has 0 saturated heterocycles. The highest BCUT2D eigenvalue weighted by Crippen LogP contribution is 2.38. The van der Waals surface area contributed by atoms with E-state index in [4.69, 9.17) is 4.74 Å². The monoisotopic (exact) mass is 523 g/mol. The first-order valence-electron chi connectivity index (χ1n) is 11.5. The van der Waals surface area contributed by atoms with E-state index in [1.165, 1.54) is 11.1 Å². The molecule has 0 atom stereocenters. The van der Waals surface area contributed by atoms with Crippen molar-refractivity contribution in [3.05, 3.63) is 58.1 Å². The lowest BCUT2D eigenvalue weighted by atomic mass is 9.76. The van der Waals surface area contributed by atoms with Crippen LogP contribution < -0.4 is 9.46 Å². The van der Waals surface area contributed by atoms with Crippen molar-refractivity contribution in [1.29, 1.82) is 0 Å². The van der Waals surface area contributed by atoms with Gasteiger partial charge in [0.25, 0.3) is 0 Å². The molecule has 0 aliphatic carbocycles. The highest BCUT2D eigenvalue weighted by molar-refractivity contribution is 9.10. The van der Waals surface area contributed by atoms with Gasteiger partial charge in [-0.1, -0.05) is 69.6 Å². The van der Waals surface area contributed by atoms with Crippen molar-refractivity contribution in [3.63, 3.8) is 0 Å². The molecule has 2 aromatic carbocycles. The van der Waals surface area contributed by atoms with Crippen LogP contribution in [0.15, 0.2) is 51.8 Å². The summed E-state index contributed by atoms with van der Waals surface area (Å²) in [6.07, 6.45) is 3.59. The Hall–Kier alpha value is -1.37. The van der Waals surface area contributed by atoms with E-state index in [0.717, 1.165) is 29.5 Å². The van der Waals surface area contributed by atoms with Crippen molar-refractivity contribution < 1.29 is 13.2 Å². The molecule has 0 radical (unpaired) electrons. The average molecular weight is 525 g/mol. The SMILES string of the molecule is CCC(C)(C)c1ccc(OCCCCNS(=O)(=O)c2ccc(Br)cc2)c(C(C)(C)CC)c1. The Kier molecular flexibility index (Phi) is 9.38. The summed E-state index contributed by atoms with van der Waals surface area (Å²) in [5, 5.41) is 0. The summed E-state index contributed by atoms with van der Waals surface area (Å²) in [6.45, 7) is 14.5. The Labute approximate surface area is 203 Å². The van der Waals surface area contributed by atoms with Crippen molar-refractivity contribution in [2.24, 2.45) is 0 Å². The normalized spacial score (nSPS) is 12.7. The van der Waals surface area contributed by atoms with E-state index in [1.54, 1.807) is 24.3 Å². The van der Waals surface area contributed by atoms with Crippen molar-refractivity contribution in [1.82, 2.24) is 4.72 Å². The van der Waals surface area contributed by atoms with Gasteiger partial charge < -0.3 is 4.74 Å². The summed E-state index contributed by atoms with van der Waals surface area (Å²) in [7, 11) is -3.48. The number of benzene rings is 2. The minimum atomic E-state index is -3.48. The molecule has 0 saturated carbocycles. The van der Waals surface area contributed by atoms with Gasteiger partial charge in [0, 0.05) is 16.6 Å². The number of ether oxygens (including phenoxy) is 1. The molecule has 0 amide bonds. The maximum Gasteiger partial charge on any atom is 0.240 e. The zero-order valence-electron chi connectivity index (χ0n) is 20.3. The largest absolute Gasteiger partial charge is 0.493 e. The lowest BCUT2D eigenvalue weighted by Gasteiger charge is -2.30.